The van der Waals surface area contributed by atoms with Gasteiger partial charge in [-0.05, 0) is 67.6 Å². The van der Waals surface area contributed by atoms with Gasteiger partial charge in [-0.15, -0.1) is 11.3 Å². The zero-order valence-electron chi connectivity index (χ0n) is 18.5. The van der Waals surface area contributed by atoms with Crippen LogP contribution in [0.2, 0.25) is 0 Å². The van der Waals surface area contributed by atoms with E-state index in [9.17, 15) is 18.4 Å². The summed E-state index contributed by atoms with van der Waals surface area (Å²) in [6, 6.07) is 16.4. The number of carbonyl (C=O) groups excluding carboxylic acids is 1. The molecule has 0 aliphatic carbocycles. The Morgan fingerprint density at radius 1 is 1.09 bits per heavy atom. The quantitative estimate of drug-likeness (QED) is 0.410. The molecular formula is C25H22F2N4O2S. The average molecular weight is 481 g/mol. The van der Waals surface area contributed by atoms with Gasteiger partial charge >= 0.3 is 0 Å². The van der Waals surface area contributed by atoms with Crippen molar-refractivity contribution in [1.82, 2.24) is 20.4 Å². The van der Waals surface area contributed by atoms with E-state index in [1.807, 2.05) is 19.1 Å². The van der Waals surface area contributed by atoms with Gasteiger partial charge < -0.3 is 10.6 Å². The monoisotopic (exact) mass is 480 g/mol. The third-order valence-corrected chi connectivity index (χ3v) is 6.52. The van der Waals surface area contributed by atoms with E-state index in [1.54, 1.807) is 19.2 Å². The predicted molar refractivity (Wildman–Crippen MR) is 128 cm³/mol. The number of hydrogen-bond donors (Lipinski definition) is 2. The highest BCUT2D eigenvalue weighted by Crippen LogP contribution is 2.34. The Kier molecular flexibility index (Phi) is 6.95. The Bertz CT molecular complexity index is 1400. The Hall–Kier alpha value is -3.69. The molecule has 0 aliphatic rings. The number of amides is 1. The molecule has 0 unspecified atom stereocenters. The highest BCUT2D eigenvalue weighted by Gasteiger charge is 2.18. The normalized spacial score (nSPS) is 11.9. The van der Waals surface area contributed by atoms with Gasteiger partial charge in [0.25, 0.3) is 11.5 Å². The van der Waals surface area contributed by atoms with E-state index in [0.29, 0.717) is 6.54 Å². The first-order valence-corrected chi connectivity index (χ1v) is 11.4. The summed E-state index contributed by atoms with van der Waals surface area (Å²) in [7, 11) is 1.80. The minimum absolute atomic E-state index is 0.0127. The van der Waals surface area contributed by atoms with Gasteiger partial charge in [-0.3, -0.25) is 9.59 Å². The summed E-state index contributed by atoms with van der Waals surface area (Å²) in [4.78, 5) is 26.9. The number of aromatic nitrogens is 2. The number of thiophene rings is 1. The molecule has 9 heteroatoms. The van der Waals surface area contributed by atoms with Crippen molar-refractivity contribution in [3.8, 4) is 16.1 Å². The summed E-state index contributed by atoms with van der Waals surface area (Å²) in [5.41, 5.74) is 1.17. The lowest BCUT2D eigenvalue weighted by atomic mass is 10.1. The van der Waals surface area contributed by atoms with E-state index < -0.39 is 17.3 Å². The number of carbonyl (C=O) groups is 1. The summed E-state index contributed by atoms with van der Waals surface area (Å²) in [6.07, 6.45) is 0. The van der Waals surface area contributed by atoms with Gasteiger partial charge in [-0.1, -0.05) is 18.2 Å². The first kappa shape index (κ1) is 23.5. The summed E-state index contributed by atoms with van der Waals surface area (Å²) < 4.78 is 28.7. The van der Waals surface area contributed by atoms with Crippen LogP contribution in [-0.4, -0.2) is 22.7 Å². The van der Waals surface area contributed by atoms with Gasteiger partial charge in [0.2, 0.25) is 0 Å². The molecule has 1 atom stereocenters. The SMILES string of the molecule is CNCc1cc(F)ccc1-c1ccc([C@@H](C)NC(=O)c2ccc(=O)n(-c3ccccc3F)n2)s1. The van der Waals surface area contributed by atoms with Crippen LogP contribution in [0.1, 0.15) is 33.9 Å². The van der Waals surface area contributed by atoms with Crippen molar-refractivity contribution in [2.24, 2.45) is 0 Å². The van der Waals surface area contributed by atoms with E-state index in [4.69, 9.17) is 0 Å². The topological polar surface area (TPSA) is 76.0 Å². The molecule has 0 aliphatic heterocycles. The van der Waals surface area contributed by atoms with Crippen LogP contribution < -0.4 is 16.2 Å². The van der Waals surface area contributed by atoms with Crippen LogP contribution in [0, 0.1) is 11.6 Å². The fraction of sp³-hybridized carbons (Fsp3) is 0.160. The third-order valence-electron chi connectivity index (χ3n) is 5.21. The molecule has 0 radical (unpaired) electrons. The maximum Gasteiger partial charge on any atom is 0.272 e. The first-order valence-electron chi connectivity index (χ1n) is 10.6. The van der Waals surface area contributed by atoms with E-state index in [0.717, 1.165) is 25.6 Å². The van der Waals surface area contributed by atoms with Crippen molar-refractivity contribution >= 4 is 17.2 Å². The zero-order chi connectivity index (χ0) is 24.2. The van der Waals surface area contributed by atoms with Crippen molar-refractivity contribution in [3.63, 3.8) is 0 Å². The number of nitrogens with one attached hydrogen (secondary N) is 2. The average Bonchev–Trinajstić information content (AvgIpc) is 3.30. The van der Waals surface area contributed by atoms with Gasteiger partial charge in [0, 0.05) is 22.4 Å². The molecule has 4 rings (SSSR count). The van der Waals surface area contributed by atoms with Crippen LogP contribution in [0.4, 0.5) is 8.78 Å². The molecule has 174 valence electrons. The third kappa shape index (κ3) is 4.95. The molecule has 34 heavy (non-hydrogen) atoms. The lowest BCUT2D eigenvalue weighted by Gasteiger charge is -2.13. The van der Waals surface area contributed by atoms with Crippen molar-refractivity contribution in [2.75, 3.05) is 7.05 Å². The zero-order valence-corrected chi connectivity index (χ0v) is 19.3. The van der Waals surface area contributed by atoms with Crippen LogP contribution in [0.15, 0.2) is 71.5 Å². The fourth-order valence-electron chi connectivity index (χ4n) is 3.54. The molecule has 4 aromatic rings. The molecule has 0 spiro atoms. The Balaban J connectivity index is 1.55. The minimum Gasteiger partial charge on any atom is -0.343 e. The van der Waals surface area contributed by atoms with Crippen LogP contribution in [0.5, 0.6) is 0 Å². The Morgan fingerprint density at radius 3 is 2.65 bits per heavy atom. The van der Waals surface area contributed by atoms with Crippen LogP contribution in [0.3, 0.4) is 0 Å². The molecule has 2 heterocycles. The summed E-state index contributed by atoms with van der Waals surface area (Å²) in [6.45, 7) is 2.36. The van der Waals surface area contributed by atoms with E-state index in [2.05, 4.69) is 15.7 Å². The van der Waals surface area contributed by atoms with Gasteiger partial charge in [-0.2, -0.15) is 9.78 Å². The molecule has 0 fully saturated rings. The summed E-state index contributed by atoms with van der Waals surface area (Å²) >= 11 is 1.49. The second kappa shape index (κ2) is 10.1. The standard InChI is InChI=1S/C25H22F2N4O2S/c1-15(22-10-11-23(34-22)18-8-7-17(26)13-16(18)14-28-2)29-25(33)20-9-12-24(32)31(30-20)21-6-4-3-5-19(21)27/h3-13,15,28H,14H2,1-2H3,(H,29,33)/t15-/m1/s1. The van der Waals surface area contributed by atoms with Crippen molar-refractivity contribution in [3.05, 3.63) is 105 Å². The van der Waals surface area contributed by atoms with Gasteiger partial charge in [-0.25, -0.2) is 8.78 Å². The highest BCUT2D eigenvalue weighted by atomic mass is 32.1. The number of hydrogen-bond acceptors (Lipinski definition) is 5. The molecule has 2 aromatic carbocycles. The Morgan fingerprint density at radius 2 is 1.88 bits per heavy atom. The molecule has 2 aromatic heterocycles. The minimum atomic E-state index is -0.618. The molecule has 6 nitrogen and oxygen atoms in total. The number of rotatable bonds is 7. The maximum absolute atomic E-state index is 14.1. The molecule has 0 saturated carbocycles. The molecular weight excluding hydrogens is 458 g/mol. The number of halogens is 2. The maximum atomic E-state index is 14.1. The predicted octanol–water partition coefficient (Wildman–Crippen LogP) is 4.45. The highest BCUT2D eigenvalue weighted by molar-refractivity contribution is 7.15. The van der Waals surface area contributed by atoms with Crippen molar-refractivity contribution < 1.29 is 13.6 Å². The smallest absolute Gasteiger partial charge is 0.272 e. The van der Waals surface area contributed by atoms with E-state index in [1.165, 1.54) is 53.8 Å². The van der Waals surface area contributed by atoms with Gasteiger partial charge in [0.1, 0.15) is 23.0 Å². The van der Waals surface area contributed by atoms with Crippen molar-refractivity contribution in [1.29, 1.82) is 0 Å². The van der Waals surface area contributed by atoms with E-state index in [-0.39, 0.29) is 23.2 Å². The number of nitrogens with zero attached hydrogens (tertiary/aromatic N) is 2. The first-order chi connectivity index (χ1) is 16.4. The van der Waals surface area contributed by atoms with Crippen LogP contribution in [-0.2, 0) is 6.54 Å². The van der Waals surface area contributed by atoms with Crippen LogP contribution in [0.25, 0.3) is 16.1 Å². The van der Waals surface area contributed by atoms with Gasteiger partial charge in [0.05, 0.1) is 6.04 Å². The van der Waals surface area contributed by atoms with Crippen LogP contribution >= 0.6 is 11.3 Å². The second-order valence-corrected chi connectivity index (χ2v) is 8.76. The summed E-state index contributed by atoms with van der Waals surface area (Å²) in [5, 5.41) is 9.97. The number of para-hydroxylation sites is 1. The second-order valence-electron chi connectivity index (χ2n) is 7.65. The lowest BCUT2D eigenvalue weighted by Crippen LogP contribution is -2.30. The van der Waals surface area contributed by atoms with Crippen molar-refractivity contribution in [2.45, 2.75) is 19.5 Å². The lowest BCUT2D eigenvalue weighted by molar-refractivity contribution is 0.0933. The molecule has 0 saturated heterocycles. The van der Waals surface area contributed by atoms with Gasteiger partial charge in [0.15, 0.2) is 0 Å². The number of benzene rings is 2. The Labute approximate surface area is 198 Å². The molecule has 1 amide bonds. The molecule has 0 bridgehead atoms. The largest absolute Gasteiger partial charge is 0.343 e. The summed E-state index contributed by atoms with van der Waals surface area (Å²) in [5.74, 6) is -1.41. The molecule has 2 N–H and O–H groups in total. The van der Waals surface area contributed by atoms with E-state index >= 15 is 0 Å². The fourth-order valence-corrected chi connectivity index (χ4v) is 4.61.